The fraction of sp³-hybridized carbons (Fsp3) is 0.273. The van der Waals surface area contributed by atoms with Crippen molar-refractivity contribution in [1.29, 1.82) is 0 Å². The van der Waals surface area contributed by atoms with Crippen LogP contribution in [-0.4, -0.2) is 12.1 Å². The van der Waals surface area contributed by atoms with Crippen molar-refractivity contribution in [3.8, 4) is 0 Å². The molecule has 3 N–H and O–H groups in total. The number of para-hydroxylation sites is 1. The Morgan fingerprint density at radius 3 is 2.43 bits per heavy atom. The summed E-state index contributed by atoms with van der Waals surface area (Å²) in [5.41, 5.74) is 2.44. The van der Waals surface area contributed by atoms with E-state index in [1.165, 1.54) is 0 Å². The van der Waals surface area contributed by atoms with Crippen LogP contribution in [0, 0.1) is 6.92 Å². The van der Waals surface area contributed by atoms with Crippen LogP contribution in [0.2, 0.25) is 0 Å². The lowest BCUT2D eigenvalue weighted by atomic mass is 10.1. The van der Waals surface area contributed by atoms with Crippen LogP contribution < -0.4 is 21.6 Å². The number of rotatable bonds is 4. The first-order valence-corrected chi connectivity index (χ1v) is 9.57. The number of fused-ring (bicyclic) bond motifs is 1. The molecular formula is C22H23N3O3. The van der Waals surface area contributed by atoms with Crippen LogP contribution in [0.1, 0.15) is 31.2 Å². The van der Waals surface area contributed by atoms with Gasteiger partial charge in [0.15, 0.2) is 5.69 Å². The number of hydrogen-bond acceptors (Lipinski definition) is 4. The first kappa shape index (κ1) is 18.1. The second-order valence-electron chi connectivity index (χ2n) is 7.21. The second kappa shape index (κ2) is 7.76. The molecule has 1 aliphatic carbocycles. The molecule has 4 rings (SSSR count). The zero-order valence-corrected chi connectivity index (χ0v) is 15.7. The van der Waals surface area contributed by atoms with Gasteiger partial charge < -0.3 is 15.1 Å². The van der Waals surface area contributed by atoms with Crippen molar-refractivity contribution in [2.24, 2.45) is 0 Å². The number of amides is 2. The molecule has 0 radical (unpaired) electrons. The van der Waals surface area contributed by atoms with Gasteiger partial charge in [-0.2, -0.15) is 0 Å². The average molecular weight is 377 g/mol. The summed E-state index contributed by atoms with van der Waals surface area (Å²) in [5, 5.41) is 9.69. The van der Waals surface area contributed by atoms with Crippen molar-refractivity contribution in [1.82, 2.24) is 0 Å². The number of hydrogen-bond donors (Lipinski definition) is 3. The summed E-state index contributed by atoms with van der Waals surface area (Å²) in [7, 11) is 0. The largest absolute Gasteiger partial charge is 0.421 e. The number of nitrogens with one attached hydrogen (secondary N) is 3. The van der Waals surface area contributed by atoms with Gasteiger partial charge in [0.1, 0.15) is 5.58 Å². The van der Waals surface area contributed by atoms with Crippen LogP contribution >= 0.6 is 0 Å². The third-order valence-electron chi connectivity index (χ3n) is 5.06. The summed E-state index contributed by atoms with van der Waals surface area (Å²) in [6.45, 7) is 1.98. The SMILES string of the molecule is Cc1ccc(NC(=O)Nc2c(NC3CCCC3)c3ccccc3oc2=O)cc1. The van der Waals surface area contributed by atoms with Crippen molar-refractivity contribution in [3.63, 3.8) is 0 Å². The van der Waals surface area contributed by atoms with E-state index >= 15 is 0 Å². The third kappa shape index (κ3) is 3.86. The number of aryl methyl sites for hydroxylation is 1. The molecule has 0 bridgehead atoms. The molecule has 6 heteroatoms. The lowest BCUT2D eigenvalue weighted by molar-refractivity contribution is 0.262. The third-order valence-corrected chi connectivity index (χ3v) is 5.06. The van der Waals surface area contributed by atoms with E-state index in [2.05, 4.69) is 16.0 Å². The molecule has 1 fully saturated rings. The number of benzene rings is 2. The smallest absolute Gasteiger partial charge is 0.362 e. The van der Waals surface area contributed by atoms with E-state index in [0.29, 0.717) is 17.0 Å². The molecule has 0 unspecified atom stereocenters. The summed E-state index contributed by atoms with van der Waals surface area (Å²) in [4.78, 5) is 25.1. The van der Waals surface area contributed by atoms with E-state index in [1.54, 1.807) is 6.07 Å². The van der Waals surface area contributed by atoms with E-state index in [-0.39, 0.29) is 11.7 Å². The molecular weight excluding hydrogens is 354 g/mol. The topological polar surface area (TPSA) is 83.4 Å². The maximum Gasteiger partial charge on any atom is 0.362 e. The van der Waals surface area contributed by atoms with Gasteiger partial charge in [-0.15, -0.1) is 0 Å². The minimum atomic E-state index is -0.571. The van der Waals surface area contributed by atoms with Crippen LogP contribution in [0.25, 0.3) is 11.0 Å². The fourth-order valence-corrected chi connectivity index (χ4v) is 3.60. The van der Waals surface area contributed by atoms with Crippen LogP contribution in [0.3, 0.4) is 0 Å². The highest BCUT2D eigenvalue weighted by molar-refractivity contribution is 6.05. The van der Waals surface area contributed by atoms with E-state index in [9.17, 15) is 9.59 Å². The Kier molecular flexibility index (Phi) is 5.02. The van der Waals surface area contributed by atoms with Gasteiger partial charge in [0, 0.05) is 17.1 Å². The molecule has 1 heterocycles. The van der Waals surface area contributed by atoms with Gasteiger partial charge in [0.25, 0.3) is 0 Å². The van der Waals surface area contributed by atoms with Crippen molar-refractivity contribution in [2.45, 2.75) is 38.6 Å². The minimum Gasteiger partial charge on any atom is -0.421 e. The lowest BCUT2D eigenvalue weighted by Crippen LogP contribution is -2.26. The number of carbonyl (C=O) groups excluding carboxylic acids is 1. The predicted octanol–water partition coefficient (Wildman–Crippen LogP) is 5.10. The molecule has 0 atom stereocenters. The number of anilines is 3. The summed E-state index contributed by atoms with van der Waals surface area (Å²) >= 11 is 0. The summed E-state index contributed by atoms with van der Waals surface area (Å²) in [6, 6.07) is 14.6. The van der Waals surface area contributed by atoms with Gasteiger partial charge in [-0.3, -0.25) is 5.32 Å². The highest BCUT2D eigenvalue weighted by atomic mass is 16.4. The molecule has 0 saturated heterocycles. The van der Waals surface area contributed by atoms with Gasteiger partial charge in [0.2, 0.25) is 0 Å². The van der Waals surface area contributed by atoms with Gasteiger partial charge in [-0.05, 0) is 44.0 Å². The van der Waals surface area contributed by atoms with Crippen LogP contribution in [0.5, 0.6) is 0 Å². The quantitative estimate of drug-likeness (QED) is 0.552. The van der Waals surface area contributed by atoms with Crippen molar-refractivity contribution in [2.75, 3.05) is 16.0 Å². The van der Waals surface area contributed by atoms with Crippen molar-refractivity contribution in [3.05, 3.63) is 64.5 Å². The van der Waals surface area contributed by atoms with Crippen LogP contribution in [0.15, 0.2) is 57.7 Å². The maximum absolute atomic E-state index is 12.6. The van der Waals surface area contributed by atoms with Gasteiger partial charge in [-0.25, -0.2) is 9.59 Å². The Hall–Kier alpha value is -3.28. The molecule has 0 aliphatic heterocycles. The summed E-state index contributed by atoms with van der Waals surface area (Å²) < 4.78 is 5.43. The average Bonchev–Trinajstić information content (AvgIpc) is 3.19. The summed E-state index contributed by atoms with van der Waals surface area (Å²) in [6.07, 6.45) is 4.41. The summed E-state index contributed by atoms with van der Waals surface area (Å²) in [5.74, 6) is 0. The first-order chi connectivity index (χ1) is 13.6. The van der Waals surface area contributed by atoms with E-state index in [1.807, 2.05) is 49.4 Å². The van der Waals surface area contributed by atoms with Crippen LogP contribution in [0.4, 0.5) is 21.9 Å². The molecule has 3 aromatic rings. The Morgan fingerprint density at radius 2 is 1.68 bits per heavy atom. The molecule has 1 aliphatic rings. The van der Waals surface area contributed by atoms with Gasteiger partial charge >= 0.3 is 11.7 Å². The zero-order valence-electron chi connectivity index (χ0n) is 15.7. The predicted molar refractivity (Wildman–Crippen MR) is 112 cm³/mol. The molecule has 2 amide bonds. The van der Waals surface area contributed by atoms with Crippen molar-refractivity contribution < 1.29 is 9.21 Å². The molecule has 2 aromatic carbocycles. The molecule has 0 spiro atoms. The Labute approximate surface area is 162 Å². The molecule has 28 heavy (non-hydrogen) atoms. The standard InChI is InChI=1S/C22H23N3O3/c1-14-10-12-16(13-11-14)24-22(27)25-20-19(23-15-6-2-3-7-15)17-8-4-5-9-18(17)28-21(20)26/h4-5,8-13,15,23H,2-3,6-7H2,1H3,(H2,24,25,27). The molecule has 6 nitrogen and oxygen atoms in total. The number of carbonyl (C=O) groups is 1. The second-order valence-corrected chi connectivity index (χ2v) is 7.21. The fourth-order valence-electron chi connectivity index (χ4n) is 3.60. The Balaban J connectivity index is 1.66. The lowest BCUT2D eigenvalue weighted by Gasteiger charge is -2.18. The van der Waals surface area contributed by atoms with Crippen molar-refractivity contribution >= 4 is 34.1 Å². The van der Waals surface area contributed by atoms with E-state index in [4.69, 9.17) is 4.42 Å². The molecule has 1 saturated carbocycles. The first-order valence-electron chi connectivity index (χ1n) is 9.57. The molecule has 144 valence electrons. The number of urea groups is 1. The highest BCUT2D eigenvalue weighted by Gasteiger charge is 2.21. The minimum absolute atomic E-state index is 0.134. The molecule has 1 aromatic heterocycles. The van der Waals surface area contributed by atoms with E-state index < -0.39 is 11.7 Å². The van der Waals surface area contributed by atoms with Gasteiger partial charge in [-0.1, -0.05) is 42.7 Å². The maximum atomic E-state index is 12.6. The van der Waals surface area contributed by atoms with Gasteiger partial charge in [0.05, 0.1) is 5.69 Å². The normalized spacial score (nSPS) is 14.2. The van der Waals surface area contributed by atoms with Crippen LogP contribution in [-0.2, 0) is 0 Å². The Morgan fingerprint density at radius 1 is 0.964 bits per heavy atom. The Bertz CT molecular complexity index is 1050. The highest BCUT2D eigenvalue weighted by Crippen LogP contribution is 2.32. The van der Waals surface area contributed by atoms with E-state index in [0.717, 1.165) is 36.6 Å². The zero-order chi connectivity index (χ0) is 19.5. The monoisotopic (exact) mass is 377 g/mol.